The number of rotatable bonds is 4. The van der Waals surface area contributed by atoms with Crippen LogP contribution in [0.2, 0.25) is 0 Å². The molecule has 0 bridgehead atoms. The number of nitrogens with one attached hydrogen (secondary N) is 1. The van der Waals surface area contributed by atoms with Crippen LogP contribution in [0.15, 0.2) is 30.3 Å². The Hall–Kier alpha value is -1.51. The second-order valence-corrected chi connectivity index (χ2v) is 3.03. The second kappa shape index (κ2) is 4.50. The summed E-state index contributed by atoms with van der Waals surface area (Å²) in [6.07, 6.45) is 0.616. The maximum atomic E-state index is 7.10. The van der Waals surface area contributed by atoms with Gasteiger partial charge < -0.3 is 10.6 Å². The van der Waals surface area contributed by atoms with Gasteiger partial charge in [-0.1, -0.05) is 18.2 Å². The van der Waals surface area contributed by atoms with Gasteiger partial charge in [-0.2, -0.15) is 0 Å². The molecule has 0 aliphatic heterocycles. The average Bonchev–Trinajstić information content (AvgIpc) is 2.15. The van der Waals surface area contributed by atoms with Gasteiger partial charge in [-0.3, -0.25) is 5.41 Å². The van der Waals surface area contributed by atoms with Gasteiger partial charge in [0.1, 0.15) is 0 Å². The molecule has 0 saturated carbocycles. The summed E-state index contributed by atoms with van der Waals surface area (Å²) in [7, 11) is 2.00. The maximum Gasteiger partial charge on any atom is 0.0923 e. The van der Waals surface area contributed by atoms with E-state index in [1.54, 1.807) is 0 Å². The highest BCUT2D eigenvalue weighted by Crippen LogP contribution is 2.10. The Morgan fingerprint density at radius 3 is 2.54 bits per heavy atom. The Morgan fingerprint density at radius 2 is 2.00 bits per heavy atom. The summed E-state index contributed by atoms with van der Waals surface area (Å²) in [5, 5.41) is 7.10. The lowest BCUT2D eigenvalue weighted by molar-refractivity contribution is 0.911. The van der Waals surface area contributed by atoms with Gasteiger partial charge in [-0.15, -0.1) is 0 Å². The first-order valence-corrected chi connectivity index (χ1v) is 4.29. The van der Waals surface area contributed by atoms with E-state index in [0.717, 1.165) is 12.2 Å². The van der Waals surface area contributed by atoms with Gasteiger partial charge in [0, 0.05) is 25.7 Å². The Kier molecular flexibility index (Phi) is 3.31. The van der Waals surface area contributed by atoms with Crippen molar-refractivity contribution in [2.24, 2.45) is 5.73 Å². The molecule has 0 fully saturated rings. The fourth-order valence-electron chi connectivity index (χ4n) is 1.10. The van der Waals surface area contributed by atoms with E-state index in [2.05, 4.69) is 4.90 Å². The molecule has 0 spiro atoms. The van der Waals surface area contributed by atoms with Crippen LogP contribution in [0.1, 0.15) is 6.42 Å². The normalized spacial score (nSPS) is 9.62. The lowest BCUT2D eigenvalue weighted by Crippen LogP contribution is -2.23. The third-order valence-electron chi connectivity index (χ3n) is 1.91. The predicted octanol–water partition coefficient (Wildman–Crippen LogP) is 1.45. The van der Waals surface area contributed by atoms with Gasteiger partial charge in [0.2, 0.25) is 0 Å². The van der Waals surface area contributed by atoms with E-state index in [9.17, 15) is 0 Å². The quantitative estimate of drug-likeness (QED) is 0.540. The molecule has 0 radical (unpaired) electrons. The summed E-state index contributed by atoms with van der Waals surface area (Å²) in [5.41, 5.74) is 6.43. The molecular formula is C10H15N3. The maximum absolute atomic E-state index is 7.10. The lowest BCUT2D eigenvalue weighted by atomic mass is 10.3. The molecule has 1 aromatic carbocycles. The molecule has 70 valence electrons. The van der Waals surface area contributed by atoms with Crippen molar-refractivity contribution in [2.75, 3.05) is 18.5 Å². The minimum Gasteiger partial charge on any atom is -0.388 e. The summed E-state index contributed by atoms with van der Waals surface area (Å²) in [6, 6.07) is 10.1. The standard InChI is InChI=1S/C10H15N3/c1-13(8-7-10(11)12)9-5-3-2-4-6-9/h2-6H,7-8H2,1H3,(H3,11,12). The smallest absolute Gasteiger partial charge is 0.0923 e. The molecule has 1 rings (SSSR count). The second-order valence-electron chi connectivity index (χ2n) is 3.03. The van der Waals surface area contributed by atoms with Crippen LogP contribution < -0.4 is 10.6 Å². The zero-order valence-electron chi connectivity index (χ0n) is 7.83. The number of hydrogen-bond acceptors (Lipinski definition) is 2. The highest BCUT2D eigenvalue weighted by Gasteiger charge is 1.99. The molecule has 13 heavy (non-hydrogen) atoms. The minimum absolute atomic E-state index is 0.239. The van der Waals surface area contributed by atoms with E-state index >= 15 is 0 Å². The number of nitrogens with two attached hydrogens (primary N) is 1. The first-order chi connectivity index (χ1) is 6.20. The zero-order valence-corrected chi connectivity index (χ0v) is 7.83. The van der Waals surface area contributed by atoms with Gasteiger partial charge in [0.25, 0.3) is 0 Å². The summed E-state index contributed by atoms with van der Waals surface area (Å²) in [5.74, 6) is 0.239. The SMILES string of the molecule is CN(CCC(=N)N)c1ccccc1. The van der Waals surface area contributed by atoms with Gasteiger partial charge >= 0.3 is 0 Å². The highest BCUT2D eigenvalue weighted by molar-refractivity contribution is 5.77. The molecule has 1 aromatic rings. The van der Waals surface area contributed by atoms with Crippen molar-refractivity contribution in [3.05, 3.63) is 30.3 Å². The van der Waals surface area contributed by atoms with E-state index in [4.69, 9.17) is 11.1 Å². The Labute approximate surface area is 78.7 Å². The van der Waals surface area contributed by atoms with Crippen LogP contribution >= 0.6 is 0 Å². The molecule has 0 aromatic heterocycles. The minimum atomic E-state index is 0.239. The third kappa shape index (κ3) is 3.15. The van der Waals surface area contributed by atoms with Crippen LogP contribution in [0, 0.1) is 5.41 Å². The number of amidine groups is 1. The third-order valence-corrected chi connectivity index (χ3v) is 1.91. The van der Waals surface area contributed by atoms with E-state index in [1.165, 1.54) is 0 Å². The highest BCUT2D eigenvalue weighted by atomic mass is 15.1. The summed E-state index contributed by atoms with van der Waals surface area (Å²) in [6.45, 7) is 0.791. The predicted molar refractivity (Wildman–Crippen MR) is 56.2 cm³/mol. The van der Waals surface area contributed by atoms with Crippen LogP contribution in [0.25, 0.3) is 0 Å². The fraction of sp³-hybridized carbons (Fsp3) is 0.300. The molecule has 0 heterocycles. The number of hydrogen-bond donors (Lipinski definition) is 2. The van der Waals surface area contributed by atoms with Crippen LogP contribution in [-0.4, -0.2) is 19.4 Å². The van der Waals surface area contributed by atoms with Crippen LogP contribution in [0.3, 0.4) is 0 Å². The molecular weight excluding hydrogens is 162 g/mol. The van der Waals surface area contributed by atoms with Crippen molar-refractivity contribution in [1.82, 2.24) is 0 Å². The molecule has 0 atom stereocenters. The largest absolute Gasteiger partial charge is 0.388 e. The van der Waals surface area contributed by atoms with E-state index in [0.29, 0.717) is 6.42 Å². The van der Waals surface area contributed by atoms with Crippen molar-refractivity contribution < 1.29 is 0 Å². The van der Waals surface area contributed by atoms with E-state index < -0.39 is 0 Å². The van der Waals surface area contributed by atoms with Crippen molar-refractivity contribution in [1.29, 1.82) is 5.41 Å². The van der Waals surface area contributed by atoms with Crippen molar-refractivity contribution in [2.45, 2.75) is 6.42 Å². The van der Waals surface area contributed by atoms with E-state index in [-0.39, 0.29) is 5.84 Å². The lowest BCUT2D eigenvalue weighted by Gasteiger charge is -2.18. The van der Waals surface area contributed by atoms with Crippen molar-refractivity contribution in [3.8, 4) is 0 Å². The Bertz CT molecular complexity index is 269. The number of benzene rings is 1. The fourth-order valence-corrected chi connectivity index (χ4v) is 1.10. The van der Waals surface area contributed by atoms with Gasteiger partial charge in [-0.25, -0.2) is 0 Å². The molecule has 0 saturated heterocycles. The average molecular weight is 177 g/mol. The molecule has 3 heteroatoms. The van der Waals surface area contributed by atoms with Gasteiger partial charge in [-0.05, 0) is 12.1 Å². The topological polar surface area (TPSA) is 53.1 Å². The number of para-hydroxylation sites is 1. The van der Waals surface area contributed by atoms with Gasteiger partial charge in [0.15, 0.2) is 0 Å². The van der Waals surface area contributed by atoms with Crippen LogP contribution in [-0.2, 0) is 0 Å². The molecule has 0 aliphatic rings. The van der Waals surface area contributed by atoms with Crippen molar-refractivity contribution in [3.63, 3.8) is 0 Å². The monoisotopic (exact) mass is 177 g/mol. The molecule has 3 N–H and O–H groups in total. The number of nitrogens with zero attached hydrogens (tertiary/aromatic N) is 1. The zero-order chi connectivity index (χ0) is 9.68. The summed E-state index contributed by atoms with van der Waals surface area (Å²) in [4.78, 5) is 2.08. The Balaban J connectivity index is 2.49. The summed E-state index contributed by atoms with van der Waals surface area (Å²) < 4.78 is 0. The van der Waals surface area contributed by atoms with E-state index in [1.807, 2.05) is 37.4 Å². The molecule has 0 aliphatic carbocycles. The molecule has 0 unspecified atom stereocenters. The molecule has 3 nitrogen and oxygen atoms in total. The van der Waals surface area contributed by atoms with Crippen LogP contribution in [0.5, 0.6) is 0 Å². The number of anilines is 1. The van der Waals surface area contributed by atoms with Gasteiger partial charge in [0.05, 0.1) is 5.84 Å². The first kappa shape index (κ1) is 9.58. The van der Waals surface area contributed by atoms with Crippen molar-refractivity contribution >= 4 is 11.5 Å². The Morgan fingerprint density at radius 1 is 1.38 bits per heavy atom. The first-order valence-electron chi connectivity index (χ1n) is 4.29. The van der Waals surface area contributed by atoms with Crippen LogP contribution in [0.4, 0.5) is 5.69 Å². The summed E-state index contributed by atoms with van der Waals surface area (Å²) >= 11 is 0. The molecule has 0 amide bonds.